The zero-order chi connectivity index (χ0) is 8.97. The van der Waals surface area contributed by atoms with Gasteiger partial charge in [-0.25, -0.2) is 4.79 Å². The number of nitrogens with one attached hydrogen (secondary N) is 1. The Hall–Kier alpha value is -0.340. The lowest BCUT2D eigenvalue weighted by molar-refractivity contribution is 0.0949. The van der Waals surface area contributed by atoms with Crippen LogP contribution in [0.4, 0.5) is 4.79 Å². The molecule has 5 heteroatoms. The van der Waals surface area contributed by atoms with Gasteiger partial charge in [0.2, 0.25) is 0 Å². The van der Waals surface area contributed by atoms with E-state index in [1.165, 1.54) is 0 Å². The van der Waals surface area contributed by atoms with Crippen LogP contribution in [-0.2, 0) is 4.74 Å². The van der Waals surface area contributed by atoms with Gasteiger partial charge >= 0.3 is 6.09 Å². The first kappa shape index (κ1) is 9.75. The van der Waals surface area contributed by atoms with Crippen LogP contribution < -0.4 is 5.32 Å². The van der Waals surface area contributed by atoms with Crippen molar-refractivity contribution < 1.29 is 9.53 Å². The third-order valence-corrected chi connectivity index (χ3v) is 2.11. The van der Waals surface area contributed by atoms with E-state index in [9.17, 15) is 4.79 Å². The Kier molecular flexibility index (Phi) is 3.76. The Bertz CT molecular complexity index is 165. The maximum absolute atomic E-state index is 11.3. The van der Waals surface area contributed by atoms with Crippen molar-refractivity contribution in [3.05, 3.63) is 0 Å². The van der Waals surface area contributed by atoms with Gasteiger partial charge in [-0.05, 0) is 6.92 Å². The fraction of sp³-hybridized carbons (Fsp3) is 0.857. The van der Waals surface area contributed by atoms with E-state index >= 15 is 0 Å². The van der Waals surface area contributed by atoms with Gasteiger partial charge in [0.1, 0.15) is 6.35 Å². The van der Waals surface area contributed by atoms with Crippen LogP contribution in [0.5, 0.6) is 0 Å². The summed E-state index contributed by atoms with van der Waals surface area (Å²) in [5, 5.41) is 3.21. The molecule has 0 aliphatic carbocycles. The van der Waals surface area contributed by atoms with E-state index in [1.807, 2.05) is 6.92 Å². The number of hydrogen-bond acceptors (Lipinski definition) is 3. The number of carbonyl (C=O) groups is 1. The fourth-order valence-corrected chi connectivity index (χ4v) is 1.41. The topological polar surface area (TPSA) is 41.6 Å². The Morgan fingerprint density at radius 3 is 3.17 bits per heavy atom. The van der Waals surface area contributed by atoms with E-state index in [1.54, 1.807) is 4.90 Å². The number of nitrogens with zero attached hydrogens (tertiary/aromatic N) is 1. The molecule has 0 aromatic rings. The molecular formula is C7H15N2O2P. The quantitative estimate of drug-likeness (QED) is 0.602. The molecule has 4 nitrogen and oxygen atoms in total. The van der Waals surface area contributed by atoms with Crippen molar-refractivity contribution in [2.24, 2.45) is 0 Å². The van der Waals surface area contributed by atoms with E-state index in [0.717, 1.165) is 19.6 Å². The highest BCUT2D eigenvalue weighted by atomic mass is 31.0. The van der Waals surface area contributed by atoms with Crippen LogP contribution in [0, 0.1) is 0 Å². The van der Waals surface area contributed by atoms with Gasteiger partial charge in [-0.3, -0.25) is 0 Å². The highest BCUT2D eigenvalue weighted by Crippen LogP contribution is 2.05. The maximum Gasteiger partial charge on any atom is 0.410 e. The minimum atomic E-state index is -0.209. The summed E-state index contributed by atoms with van der Waals surface area (Å²) in [6.45, 7) is 4.46. The number of piperazine rings is 1. The largest absolute Gasteiger partial charge is 0.445 e. The number of hydrogen-bond donors (Lipinski definition) is 1. The molecule has 1 amide bonds. The molecule has 0 saturated carbocycles. The van der Waals surface area contributed by atoms with Crippen molar-refractivity contribution in [1.29, 1.82) is 0 Å². The molecule has 1 rings (SSSR count). The summed E-state index contributed by atoms with van der Waals surface area (Å²) < 4.78 is 4.87. The van der Waals surface area contributed by atoms with E-state index in [-0.39, 0.29) is 12.1 Å². The molecule has 0 aromatic carbocycles. The highest BCUT2D eigenvalue weighted by Gasteiger charge is 2.23. The zero-order valence-corrected chi connectivity index (χ0v) is 8.40. The van der Waals surface area contributed by atoms with Crippen LogP contribution >= 0.6 is 9.24 Å². The van der Waals surface area contributed by atoms with Gasteiger partial charge in [0.25, 0.3) is 0 Å². The van der Waals surface area contributed by atoms with Crippen molar-refractivity contribution >= 4 is 15.3 Å². The van der Waals surface area contributed by atoms with Crippen LogP contribution in [0.15, 0.2) is 0 Å². The molecule has 1 aliphatic heterocycles. The molecule has 2 unspecified atom stereocenters. The van der Waals surface area contributed by atoms with Crippen LogP contribution in [0.25, 0.3) is 0 Å². The van der Waals surface area contributed by atoms with Gasteiger partial charge in [0, 0.05) is 25.7 Å². The molecule has 0 bridgehead atoms. The van der Waals surface area contributed by atoms with Gasteiger partial charge in [-0.15, -0.1) is 0 Å². The Morgan fingerprint density at radius 1 is 1.83 bits per heavy atom. The molecule has 12 heavy (non-hydrogen) atoms. The van der Waals surface area contributed by atoms with E-state index in [4.69, 9.17) is 4.74 Å². The standard InChI is InChI=1S/C7H15N2O2P/c1-6-4-8-2-3-9(6)7(10)11-5-12/h6,8H,2-5,12H2,1H3. The number of rotatable bonds is 1. The van der Waals surface area contributed by atoms with Crippen molar-refractivity contribution in [3.63, 3.8) is 0 Å². The Balaban J connectivity index is 2.42. The Labute approximate surface area is 74.8 Å². The molecule has 1 aliphatic rings. The van der Waals surface area contributed by atoms with Crippen LogP contribution in [-0.4, -0.2) is 43.0 Å². The summed E-state index contributed by atoms with van der Waals surface area (Å²) in [5.74, 6) is 0. The van der Waals surface area contributed by atoms with Crippen LogP contribution in [0.2, 0.25) is 0 Å². The van der Waals surface area contributed by atoms with Crippen molar-refractivity contribution in [2.75, 3.05) is 26.0 Å². The van der Waals surface area contributed by atoms with E-state index in [0.29, 0.717) is 6.35 Å². The maximum atomic E-state index is 11.3. The second-order valence-electron chi connectivity index (χ2n) is 2.82. The molecule has 0 aromatic heterocycles. The number of amides is 1. The van der Waals surface area contributed by atoms with E-state index in [2.05, 4.69) is 14.6 Å². The zero-order valence-electron chi connectivity index (χ0n) is 7.25. The second kappa shape index (κ2) is 4.63. The third kappa shape index (κ3) is 2.32. The normalized spacial score (nSPS) is 23.8. The van der Waals surface area contributed by atoms with Gasteiger partial charge in [-0.1, -0.05) is 9.24 Å². The predicted molar refractivity (Wildman–Crippen MR) is 50.1 cm³/mol. The van der Waals surface area contributed by atoms with Gasteiger partial charge in [0.05, 0.1) is 0 Å². The average molecular weight is 190 g/mol. The first-order valence-electron chi connectivity index (χ1n) is 4.10. The number of ether oxygens (including phenoxy) is 1. The van der Waals surface area contributed by atoms with Crippen molar-refractivity contribution in [2.45, 2.75) is 13.0 Å². The third-order valence-electron chi connectivity index (χ3n) is 1.94. The van der Waals surface area contributed by atoms with Gasteiger partial charge in [-0.2, -0.15) is 0 Å². The summed E-state index contributed by atoms with van der Waals surface area (Å²) >= 11 is 0. The van der Waals surface area contributed by atoms with Gasteiger partial charge in [0.15, 0.2) is 0 Å². The Morgan fingerprint density at radius 2 is 2.58 bits per heavy atom. The monoisotopic (exact) mass is 190 g/mol. The second-order valence-corrected chi connectivity index (χ2v) is 3.16. The molecule has 0 radical (unpaired) electrons. The molecule has 1 saturated heterocycles. The predicted octanol–water partition coefficient (Wildman–Crippen LogP) is 0.249. The summed E-state index contributed by atoms with van der Waals surface area (Å²) in [6, 6.07) is 0.239. The molecular weight excluding hydrogens is 175 g/mol. The first-order chi connectivity index (χ1) is 5.75. The lowest BCUT2D eigenvalue weighted by Crippen LogP contribution is -2.52. The molecule has 1 heterocycles. The smallest absolute Gasteiger partial charge is 0.410 e. The molecule has 1 fully saturated rings. The molecule has 0 spiro atoms. The van der Waals surface area contributed by atoms with Crippen LogP contribution in [0.3, 0.4) is 0 Å². The highest BCUT2D eigenvalue weighted by molar-refractivity contribution is 7.16. The average Bonchev–Trinajstić information content (AvgIpc) is 2.05. The molecule has 2 atom stereocenters. The fourth-order valence-electron chi connectivity index (χ4n) is 1.27. The molecule has 70 valence electrons. The van der Waals surface area contributed by atoms with Crippen LogP contribution in [0.1, 0.15) is 6.92 Å². The summed E-state index contributed by atoms with van der Waals surface area (Å²) in [6.07, 6.45) is 0.161. The lowest BCUT2D eigenvalue weighted by atomic mass is 10.2. The summed E-state index contributed by atoms with van der Waals surface area (Å²) in [5.41, 5.74) is 0. The van der Waals surface area contributed by atoms with Crippen molar-refractivity contribution in [1.82, 2.24) is 10.2 Å². The summed E-state index contributed by atoms with van der Waals surface area (Å²) in [7, 11) is 2.37. The minimum absolute atomic E-state index is 0.209. The first-order valence-corrected chi connectivity index (χ1v) is 4.91. The number of carbonyl (C=O) groups excluding carboxylic acids is 1. The lowest BCUT2D eigenvalue weighted by Gasteiger charge is -2.32. The minimum Gasteiger partial charge on any atom is -0.445 e. The van der Waals surface area contributed by atoms with Gasteiger partial charge < -0.3 is 15.0 Å². The van der Waals surface area contributed by atoms with Crippen molar-refractivity contribution in [3.8, 4) is 0 Å². The van der Waals surface area contributed by atoms with E-state index < -0.39 is 0 Å². The summed E-state index contributed by atoms with van der Waals surface area (Å²) in [4.78, 5) is 13.0. The SMILES string of the molecule is CC1CNCCN1C(=O)OCP. The molecule has 1 N–H and O–H groups in total.